The maximum Gasteiger partial charge on any atom is 0.269 e. The van der Waals surface area contributed by atoms with Gasteiger partial charge in [-0.3, -0.25) is 10.1 Å². The van der Waals surface area contributed by atoms with Crippen LogP contribution in [0.15, 0.2) is 59.6 Å². The van der Waals surface area contributed by atoms with E-state index < -0.39 is 0 Å². The van der Waals surface area contributed by atoms with Gasteiger partial charge in [0.15, 0.2) is 5.50 Å². The van der Waals surface area contributed by atoms with Crippen molar-refractivity contribution < 1.29 is 4.92 Å². The summed E-state index contributed by atoms with van der Waals surface area (Å²) in [5.41, 5.74) is 3.40. The van der Waals surface area contributed by atoms with Crippen LogP contribution in [0.1, 0.15) is 5.56 Å². The molecule has 6 heteroatoms. The van der Waals surface area contributed by atoms with Gasteiger partial charge in [-0.1, -0.05) is 23.9 Å². The number of para-hydroxylation sites is 1. The molecule has 0 unspecified atom stereocenters. The topological polar surface area (TPSA) is 58.4 Å². The molecule has 1 atom stereocenters. The van der Waals surface area contributed by atoms with Gasteiger partial charge in [0.1, 0.15) is 0 Å². The minimum absolute atomic E-state index is 0.109. The molecule has 0 saturated carbocycles. The van der Waals surface area contributed by atoms with Gasteiger partial charge in [-0.05, 0) is 29.8 Å². The highest BCUT2D eigenvalue weighted by atomic mass is 32.2. The van der Waals surface area contributed by atoms with Gasteiger partial charge in [-0.15, -0.1) is 0 Å². The van der Waals surface area contributed by atoms with Crippen LogP contribution >= 0.6 is 11.8 Å². The van der Waals surface area contributed by atoms with Crippen LogP contribution in [0.4, 0.5) is 11.4 Å². The maximum absolute atomic E-state index is 10.7. The first-order chi connectivity index (χ1) is 10.2. The largest absolute Gasteiger partial charge is 0.354 e. The molecule has 0 radical (unpaired) electrons. The highest BCUT2D eigenvalue weighted by Crippen LogP contribution is 2.45. The van der Waals surface area contributed by atoms with Gasteiger partial charge in [0.05, 0.1) is 16.3 Å². The zero-order chi connectivity index (χ0) is 14.4. The Kier molecular flexibility index (Phi) is 2.65. The molecule has 0 aromatic heterocycles. The van der Waals surface area contributed by atoms with E-state index in [9.17, 15) is 10.1 Å². The van der Waals surface area contributed by atoms with Crippen molar-refractivity contribution in [3.05, 3.63) is 70.4 Å². The SMILES string of the molecule is O=[N+]([O-])c1ccc(C2=CN3c4ccccc4S[C@@H]3N2)cc1. The fourth-order valence-electron chi connectivity index (χ4n) is 2.54. The second-order valence-electron chi connectivity index (χ2n) is 4.84. The van der Waals surface area contributed by atoms with E-state index in [0.29, 0.717) is 0 Å². The third-order valence-corrected chi connectivity index (χ3v) is 4.74. The van der Waals surface area contributed by atoms with Crippen molar-refractivity contribution >= 4 is 28.8 Å². The van der Waals surface area contributed by atoms with Crippen LogP contribution in [-0.4, -0.2) is 10.4 Å². The number of nitro benzene ring substituents is 1. The van der Waals surface area contributed by atoms with Crippen molar-refractivity contribution in [2.24, 2.45) is 0 Å². The number of rotatable bonds is 2. The average Bonchev–Trinajstić information content (AvgIpc) is 3.05. The highest BCUT2D eigenvalue weighted by Gasteiger charge is 2.33. The molecule has 0 spiro atoms. The number of hydrogen-bond acceptors (Lipinski definition) is 5. The highest BCUT2D eigenvalue weighted by molar-refractivity contribution is 8.00. The number of nitrogens with zero attached hydrogens (tertiary/aromatic N) is 2. The van der Waals surface area contributed by atoms with Crippen LogP contribution in [0, 0.1) is 10.1 Å². The van der Waals surface area contributed by atoms with Crippen LogP contribution < -0.4 is 10.2 Å². The summed E-state index contributed by atoms with van der Waals surface area (Å²) < 4.78 is 0. The molecule has 0 amide bonds. The van der Waals surface area contributed by atoms with Gasteiger partial charge in [0.25, 0.3) is 5.69 Å². The molecular weight excluding hydrogens is 286 g/mol. The zero-order valence-electron chi connectivity index (χ0n) is 10.9. The fourth-order valence-corrected chi connectivity index (χ4v) is 3.71. The smallest absolute Gasteiger partial charge is 0.269 e. The molecule has 104 valence electrons. The third kappa shape index (κ3) is 1.95. The molecule has 5 nitrogen and oxygen atoms in total. The summed E-state index contributed by atoms with van der Waals surface area (Å²) in [4.78, 5) is 13.8. The Bertz CT molecular complexity index is 758. The molecule has 2 aliphatic rings. The van der Waals surface area contributed by atoms with E-state index in [2.05, 4.69) is 28.5 Å². The van der Waals surface area contributed by atoms with Gasteiger partial charge in [0.2, 0.25) is 0 Å². The lowest BCUT2D eigenvalue weighted by Gasteiger charge is -2.15. The van der Waals surface area contributed by atoms with E-state index in [0.717, 1.165) is 11.3 Å². The van der Waals surface area contributed by atoms with Gasteiger partial charge in [-0.2, -0.15) is 0 Å². The van der Waals surface area contributed by atoms with Crippen molar-refractivity contribution in [3.8, 4) is 0 Å². The Morgan fingerprint density at radius 2 is 1.90 bits per heavy atom. The van der Waals surface area contributed by atoms with Gasteiger partial charge in [0, 0.05) is 23.2 Å². The molecule has 0 bridgehead atoms. The van der Waals surface area contributed by atoms with Crippen molar-refractivity contribution in [1.82, 2.24) is 5.32 Å². The lowest BCUT2D eigenvalue weighted by molar-refractivity contribution is -0.384. The first-order valence-corrected chi connectivity index (χ1v) is 7.37. The van der Waals surface area contributed by atoms with Crippen molar-refractivity contribution in [2.75, 3.05) is 4.90 Å². The standard InChI is InChI=1S/C15H11N3O2S/c19-18(20)11-7-5-10(6-8-11)12-9-17-13-3-1-2-4-14(13)21-15(17)16-12/h1-9,15-16H/t15-/m1/s1. The van der Waals surface area contributed by atoms with Crippen LogP contribution in [0.5, 0.6) is 0 Å². The minimum Gasteiger partial charge on any atom is -0.354 e. The lowest BCUT2D eigenvalue weighted by atomic mass is 10.1. The van der Waals surface area contributed by atoms with Gasteiger partial charge < -0.3 is 10.2 Å². The number of nitro groups is 1. The van der Waals surface area contributed by atoms with E-state index in [1.54, 1.807) is 23.9 Å². The Morgan fingerprint density at radius 3 is 2.67 bits per heavy atom. The Morgan fingerprint density at radius 1 is 1.14 bits per heavy atom. The third-order valence-electron chi connectivity index (χ3n) is 3.57. The molecule has 0 aliphatic carbocycles. The summed E-state index contributed by atoms with van der Waals surface area (Å²) in [5, 5.41) is 14.1. The summed E-state index contributed by atoms with van der Waals surface area (Å²) in [6, 6.07) is 14.9. The fraction of sp³-hybridized carbons (Fsp3) is 0.0667. The minimum atomic E-state index is -0.384. The van der Waals surface area contributed by atoms with E-state index in [4.69, 9.17) is 0 Å². The molecule has 2 aromatic rings. The maximum atomic E-state index is 10.7. The second kappa shape index (κ2) is 4.53. The summed E-state index contributed by atoms with van der Waals surface area (Å²) in [6.45, 7) is 0. The van der Waals surface area contributed by atoms with Gasteiger partial charge >= 0.3 is 0 Å². The number of hydrogen-bond donors (Lipinski definition) is 1. The number of anilines is 1. The number of thioether (sulfide) groups is 1. The van der Waals surface area contributed by atoms with Crippen molar-refractivity contribution in [3.63, 3.8) is 0 Å². The molecule has 2 heterocycles. The van der Waals surface area contributed by atoms with Crippen molar-refractivity contribution in [1.29, 1.82) is 0 Å². The molecule has 1 N–H and O–H groups in total. The first-order valence-electron chi connectivity index (χ1n) is 6.49. The van der Waals surface area contributed by atoms with Crippen LogP contribution in [0.2, 0.25) is 0 Å². The van der Waals surface area contributed by atoms with E-state index in [-0.39, 0.29) is 16.1 Å². The summed E-state index contributed by atoms with van der Waals surface area (Å²) in [6.07, 6.45) is 2.06. The molecule has 2 aromatic carbocycles. The average molecular weight is 297 g/mol. The predicted molar refractivity (Wildman–Crippen MR) is 82.8 cm³/mol. The van der Waals surface area contributed by atoms with Crippen molar-refractivity contribution in [2.45, 2.75) is 10.4 Å². The molecular formula is C15H11N3O2S. The molecule has 0 saturated heterocycles. The number of nitrogens with one attached hydrogen (secondary N) is 1. The monoisotopic (exact) mass is 297 g/mol. The molecule has 21 heavy (non-hydrogen) atoms. The van der Waals surface area contributed by atoms with Crippen LogP contribution in [-0.2, 0) is 0 Å². The van der Waals surface area contributed by atoms with Crippen LogP contribution in [0.25, 0.3) is 5.70 Å². The number of fused-ring (bicyclic) bond motifs is 3. The van der Waals surface area contributed by atoms with Crippen LogP contribution in [0.3, 0.4) is 0 Å². The Labute approximate surface area is 125 Å². The Hall–Kier alpha value is -2.47. The summed E-state index contributed by atoms with van der Waals surface area (Å²) >= 11 is 1.77. The second-order valence-corrected chi connectivity index (χ2v) is 5.96. The number of benzene rings is 2. The number of non-ortho nitro benzene ring substituents is 1. The predicted octanol–water partition coefficient (Wildman–Crippen LogP) is 3.39. The summed E-state index contributed by atoms with van der Waals surface area (Å²) in [5.74, 6) is 0. The normalized spacial score (nSPS) is 18.8. The van der Waals surface area contributed by atoms with E-state index in [1.807, 2.05) is 12.1 Å². The Balaban J connectivity index is 1.66. The lowest BCUT2D eigenvalue weighted by Crippen LogP contribution is -2.28. The zero-order valence-corrected chi connectivity index (χ0v) is 11.7. The molecule has 0 fully saturated rings. The first kappa shape index (κ1) is 12.3. The van der Waals surface area contributed by atoms with E-state index >= 15 is 0 Å². The summed E-state index contributed by atoms with van der Waals surface area (Å²) in [7, 11) is 0. The van der Waals surface area contributed by atoms with E-state index in [1.165, 1.54) is 22.7 Å². The quantitative estimate of drug-likeness (QED) is 0.680. The molecule has 4 rings (SSSR count). The van der Waals surface area contributed by atoms with Gasteiger partial charge in [-0.25, -0.2) is 0 Å². The molecule has 2 aliphatic heterocycles.